The van der Waals surface area contributed by atoms with E-state index in [4.69, 9.17) is 0 Å². The molecule has 1 saturated carbocycles. The molecule has 1 N–H and O–H groups in total. The molecule has 2 nitrogen and oxygen atoms in total. The van der Waals surface area contributed by atoms with Crippen LogP contribution in [-0.4, -0.2) is 29.6 Å². The lowest BCUT2D eigenvalue weighted by atomic mass is 9.90. The first-order chi connectivity index (χ1) is 9.73. The zero-order valence-electron chi connectivity index (χ0n) is 12.3. The van der Waals surface area contributed by atoms with Gasteiger partial charge in [0.15, 0.2) is 0 Å². The first-order valence-corrected chi connectivity index (χ1v) is 9.61. The highest BCUT2D eigenvalue weighted by molar-refractivity contribution is 9.10. The van der Waals surface area contributed by atoms with Crippen molar-refractivity contribution < 1.29 is 0 Å². The molecule has 112 valence electrons. The molecule has 0 amide bonds. The number of nitrogens with one attached hydrogen (secondary N) is 1. The van der Waals surface area contributed by atoms with Gasteiger partial charge in [-0.1, -0.05) is 26.2 Å². The van der Waals surface area contributed by atoms with Crippen LogP contribution >= 0.6 is 27.3 Å². The maximum atomic E-state index is 3.83. The minimum atomic E-state index is 0.438. The molecule has 20 heavy (non-hydrogen) atoms. The van der Waals surface area contributed by atoms with E-state index in [0.717, 1.165) is 6.54 Å². The normalized spacial score (nSPS) is 26.4. The molecule has 1 aliphatic carbocycles. The zero-order chi connectivity index (χ0) is 14.0. The van der Waals surface area contributed by atoms with Crippen LogP contribution in [0.4, 0.5) is 0 Å². The number of hydrogen-bond donors (Lipinski definition) is 1. The smallest absolute Gasteiger partial charge is 0.0346 e. The fourth-order valence-corrected chi connectivity index (χ4v) is 5.37. The molecule has 0 aromatic carbocycles. The maximum Gasteiger partial charge on any atom is 0.0346 e. The van der Waals surface area contributed by atoms with Gasteiger partial charge in [-0.2, -0.15) is 0 Å². The van der Waals surface area contributed by atoms with Gasteiger partial charge in [0.2, 0.25) is 0 Å². The Hall–Kier alpha value is 0.1000. The Bertz CT molecular complexity index is 439. The van der Waals surface area contributed by atoms with Gasteiger partial charge in [-0.25, -0.2) is 0 Å². The maximum absolute atomic E-state index is 3.83. The van der Waals surface area contributed by atoms with E-state index in [2.05, 4.69) is 44.5 Å². The van der Waals surface area contributed by atoms with E-state index in [1.807, 2.05) is 11.3 Å². The van der Waals surface area contributed by atoms with Crippen LogP contribution in [0, 0.1) is 0 Å². The molecule has 2 aliphatic rings. The number of nitrogens with zero attached hydrogens (tertiary/aromatic N) is 1. The van der Waals surface area contributed by atoms with Gasteiger partial charge < -0.3 is 5.32 Å². The van der Waals surface area contributed by atoms with Crippen molar-refractivity contribution in [2.45, 2.75) is 63.6 Å². The Balaban J connectivity index is 1.76. The van der Waals surface area contributed by atoms with Crippen molar-refractivity contribution in [1.29, 1.82) is 0 Å². The van der Waals surface area contributed by atoms with E-state index >= 15 is 0 Å². The van der Waals surface area contributed by atoms with Crippen molar-refractivity contribution in [2.75, 3.05) is 13.1 Å². The molecule has 1 unspecified atom stereocenters. The second kappa shape index (κ2) is 6.47. The molecule has 1 atom stereocenters. The van der Waals surface area contributed by atoms with Crippen LogP contribution in [0.5, 0.6) is 0 Å². The highest BCUT2D eigenvalue weighted by Crippen LogP contribution is 2.39. The first-order valence-electron chi connectivity index (χ1n) is 7.94. The average molecular weight is 357 g/mol. The number of piperazine rings is 1. The number of thiophene rings is 1. The Morgan fingerprint density at radius 3 is 2.90 bits per heavy atom. The highest BCUT2D eigenvalue weighted by Gasteiger charge is 2.43. The summed E-state index contributed by atoms with van der Waals surface area (Å²) in [6, 6.07) is 2.87. The topological polar surface area (TPSA) is 15.3 Å². The van der Waals surface area contributed by atoms with E-state index in [9.17, 15) is 0 Å². The van der Waals surface area contributed by atoms with Crippen LogP contribution in [0.25, 0.3) is 0 Å². The minimum Gasteiger partial charge on any atom is -0.311 e. The molecule has 2 fully saturated rings. The van der Waals surface area contributed by atoms with Gasteiger partial charge >= 0.3 is 0 Å². The van der Waals surface area contributed by atoms with Crippen LogP contribution in [0.1, 0.15) is 50.3 Å². The zero-order valence-corrected chi connectivity index (χ0v) is 14.7. The van der Waals surface area contributed by atoms with Gasteiger partial charge in [0.1, 0.15) is 0 Å². The summed E-state index contributed by atoms with van der Waals surface area (Å²) in [7, 11) is 0. The van der Waals surface area contributed by atoms with E-state index in [1.165, 1.54) is 61.0 Å². The van der Waals surface area contributed by atoms with Crippen LogP contribution in [0.2, 0.25) is 0 Å². The highest BCUT2D eigenvalue weighted by atomic mass is 79.9. The van der Waals surface area contributed by atoms with Gasteiger partial charge in [0, 0.05) is 40.6 Å². The fraction of sp³-hybridized carbons (Fsp3) is 0.750. The summed E-state index contributed by atoms with van der Waals surface area (Å²) in [5.74, 6) is 0. The quantitative estimate of drug-likeness (QED) is 0.859. The molecule has 4 heteroatoms. The van der Waals surface area contributed by atoms with Crippen LogP contribution < -0.4 is 5.32 Å². The number of hydrogen-bond acceptors (Lipinski definition) is 3. The Kier molecular flexibility index (Phi) is 4.86. The predicted molar refractivity (Wildman–Crippen MR) is 90.3 cm³/mol. The molecule has 1 spiro atoms. The molecule has 1 aromatic rings. The summed E-state index contributed by atoms with van der Waals surface area (Å²) in [5, 5.41) is 6.03. The summed E-state index contributed by atoms with van der Waals surface area (Å²) < 4.78 is 1.29. The summed E-state index contributed by atoms with van der Waals surface area (Å²) in [4.78, 5) is 4.29. The predicted octanol–water partition coefficient (Wildman–Crippen LogP) is 4.40. The van der Waals surface area contributed by atoms with Gasteiger partial charge in [-0.3, -0.25) is 4.90 Å². The van der Waals surface area contributed by atoms with Gasteiger partial charge in [0.25, 0.3) is 0 Å². The number of halogens is 1. The van der Waals surface area contributed by atoms with E-state index < -0.39 is 0 Å². The third kappa shape index (κ3) is 2.99. The SMILES string of the molecule is CCCC1CN(Cc2sccc2Br)C2(CCCC2)CN1. The van der Waals surface area contributed by atoms with E-state index in [-0.39, 0.29) is 0 Å². The van der Waals surface area contributed by atoms with Crippen molar-refractivity contribution in [3.63, 3.8) is 0 Å². The Morgan fingerprint density at radius 2 is 2.25 bits per heavy atom. The van der Waals surface area contributed by atoms with Crippen LogP contribution in [-0.2, 0) is 6.54 Å². The lowest BCUT2D eigenvalue weighted by Gasteiger charge is -2.48. The van der Waals surface area contributed by atoms with E-state index in [0.29, 0.717) is 11.6 Å². The third-order valence-electron chi connectivity index (χ3n) is 5.03. The minimum absolute atomic E-state index is 0.438. The summed E-state index contributed by atoms with van der Waals surface area (Å²) in [6.07, 6.45) is 8.15. The summed E-state index contributed by atoms with van der Waals surface area (Å²) >= 11 is 5.60. The van der Waals surface area contributed by atoms with Crippen molar-refractivity contribution in [3.05, 3.63) is 20.8 Å². The molecular weight excluding hydrogens is 332 g/mol. The van der Waals surface area contributed by atoms with Crippen LogP contribution in [0.3, 0.4) is 0 Å². The lowest BCUT2D eigenvalue weighted by Crippen LogP contribution is -2.63. The molecular formula is C16H25BrN2S. The van der Waals surface area contributed by atoms with Crippen molar-refractivity contribution in [1.82, 2.24) is 10.2 Å². The molecule has 0 radical (unpaired) electrons. The van der Waals surface area contributed by atoms with Crippen LogP contribution in [0.15, 0.2) is 15.9 Å². The fourth-order valence-electron chi connectivity index (χ4n) is 3.88. The third-order valence-corrected chi connectivity index (χ3v) is 6.94. The average Bonchev–Trinajstić information content (AvgIpc) is 3.05. The van der Waals surface area contributed by atoms with Crippen molar-refractivity contribution in [2.24, 2.45) is 0 Å². The van der Waals surface area contributed by atoms with Gasteiger partial charge in [0.05, 0.1) is 0 Å². The summed E-state index contributed by atoms with van der Waals surface area (Å²) in [6.45, 7) is 5.83. The second-order valence-corrected chi connectivity index (χ2v) is 8.23. The Labute approximate surface area is 135 Å². The monoisotopic (exact) mass is 356 g/mol. The molecule has 3 rings (SSSR count). The standard InChI is InChI=1S/C16H25BrN2S/c1-2-5-13-10-19(11-15-14(17)6-9-20-15)16(12-18-13)7-3-4-8-16/h6,9,13,18H,2-5,7-8,10-12H2,1H3. The van der Waals surface area contributed by atoms with E-state index in [1.54, 1.807) is 0 Å². The molecule has 1 saturated heterocycles. The van der Waals surface area contributed by atoms with Gasteiger partial charge in [-0.05, 0) is 46.6 Å². The lowest BCUT2D eigenvalue weighted by molar-refractivity contribution is 0.0345. The molecule has 2 heterocycles. The molecule has 1 aliphatic heterocycles. The van der Waals surface area contributed by atoms with Gasteiger partial charge in [-0.15, -0.1) is 11.3 Å². The summed E-state index contributed by atoms with van der Waals surface area (Å²) in [5.41, 5.74) is 0.438. The molecule has 0 bridgehead atoms. The van der Waals surface area contributed by atoms with Crippen molar-refractivity contribution >= 4 is 27.3 Å². The molecule has 1 aromatic heterocycles. The number of rotatable bonds is 4. The second-order valence-electron chi connectivity index (χ2n) is 6.37. The largest absolute Gasteiger partial charge is 0.311 e. The Morgan fingerprint density at radius 1 is 1.45 bits per heavy atom. The first kappa shape index (κ1) is 15.0. The van der Waals surface area contributed by atoms with Crippen molar-refractivity contribution in [3.8, 4) is 0 Å².